The maximum Gasteiger partial charge on any atom is 0.320 e. The van der Waals surface area contributed by atoms with Crippen molar-refractivity contribution in [3.63, 3.8) is 0 Å². The Kier molecular flexibility index (Phi) is 4.49. The van der Waals surface area contributed by atoms with Gasteiger partial charge in [-0.1, -0.05) is 6.07 Å². The predicted octanol–water partition coefficient (Wildman–Crippen LogP) is 2.32. The lowest BCUT2D eigenvalue weighted by Gasteiger charge is -2.12. The molecule has 140 valence electrons. The molecule has 0 amide bonds. The van der Waals surface area contributed by atoms with Crippen LogP contribution in [-0.2, 0) is 6.54 Å². The van der Waals surface area contributed by atoms with E-state index in [1.807, 2.05) is 6.92 Å². The van der Waals surface area contributed by atoms with Crippen molar-refractivity contribution in [3.05, 3.63) is 41.7 Å². The molecular formula is C18H18FN5O3. The van der Waals surface area contributed by atoms with Crippen LogP contribution in [0.2, 0.25) is 0 Å². The minimum absolute atomic E-state index is 0.145. The fourth-order valence-corrected chi connectivity index (χ4v) is 2.76. The lowest BCUT2D eigenvalue weighted by Crippen LogP contribution is -2.08. The van der Waals surface area contributed by atoms with E-state index in [1.54, 1.807) is 28.9 Å². The summed E-state index contributed by atoms with van der Waals surface area (Å²) in [7, 11) is 0. The quantitative estimate of drug-likeness (QED) is 0.691. The van der Waals surface area contributed by atoms with Gasteiger partial charge in [0.05, 0.1) is 13.2 Å². The van der Waals surface area contributed by atoms with Crippen molar-refractivity contribution in [1.82, 2.24) is 19.5 Å². The molecule has 0 aliphatic carbocycles. The Bertz CT molecular complexity index is 1020. The lowest BCUT2D eigenvalue weighted by molar-refractivity contribution is 0.300. The molecule has 0 spiro atoms. The van der Waals surface area contributed by atoms with Crippen molar-refractivity contribution in [2.24, 2.45) is 0 Å². The van der Waals surface area contributed by atoms with Crippen molar-refractivity contribution < 1.29 is 18.6 Å². The van der Waals surface area contributed by atoms with Crippen LogP contribution in [0.25, 0.3) is 11.2 Å². The van der Waals surface area contributed by atoms with Crippen molar-refractivity contribution in [2.75, 3.05) is 25.6 Å². The first-order valence-corrected chi connectivity index (χ1v) is 8.51. The minimum atomic E-state index is -0.426. The van der Waals surface area contributed by atoms with Crippen LogP contribution in [0.3, 0.4) is 0 Å². The van der Waals surface area contributed by atoms with Crippen LogP contribution in [0, 0.1) is 5.82 Å². The first kappa shape index (κ1) is 17.1. The third kappa shape index (κ3) is 3.35. The molecule has 3 heterocycles. The van der Waals surface area contributed by atoms with Gasteiger partial charge in [-0.05, 0) is 36.8 Å². The van der Waals surface area contributed by atoms with E-state index in [1.165, 1.54) is 6.07 Å². The van der Waals surface area contributed by atoms with Gasteiger partial charge in [0.1, 0.15) is 13.2 Å². The number of imidazole rings is 1. The highest BCUT2D eigenvalue weighted by atomic mass is 19.1. The molecule has 0 saturated carbocycles. The number of anilines is 1. The summed E-state index contributed by atoms with van der Waals surface area (Å²) in [5.41, 5.74) is 7.74. The normalized spacial score (nSPS) is 15.0. The summed E-state index contributed by atoms with van der Waals surface area (Å²) in [4.78, 5) is 13.0. The molecule has 1 aliphatic heterocycles. The average Bonchev–Trinajstić information content (AvgIpc) is 2.98. The fourth-order valence-electron chi connectivity index (χ4n) is 2.76. The molecule has 0 unspecified atom stereocenters. The number of fused-ring (bicyclic) bond motifs is 3. The number of halogens is 1. The van der Waals surface area contributed by atoms with Gasteiger partial charge in [0.2, 0.25) is 0 Å². The molecule has 3 aromatic rings. The highest BCUT2D eigenvalue weighted by molar-refractivity contribution is 5.83. The molecule has 27 heavy (non-hydrogen) atoms. The van der Waals surface area contributed by atoms with E-state index in [0.717, 1.165) is 5.56 Å². The first-order chi connectivity index (χ1) is 13.2. The van der Waals surface area contributed by atoms with E-state index in [-0.39, 0.29) is 30.8 Å². The molecule has 9 heteroatoms. The van der Waals surface area contributed by atoms with E-state index in [9.17, 15) is 4.39 Å². The summed E-state index contributed by atoms with van der Waals surface area (Å²) in [5, 5.41) is 0. The number of aromatic nitrogens is 4. The molecule has 4 rings (SSSR count). The van der Waals surface area contributed by atoms with Gasteiger partial charge in [-0.3, -0.25) is 4.57 Å². The Balaban J connectivity index is 1.89. The monoisotopic (exact) mass is 371 g/mol. The number of benzene rings is 1. The number of nitrogen functional groups attached to an aromatic ring is 1. The number of hydrogen-bond acceptors (Lipinski definition) is 7. The lowest BCUT2D eigenvalue weighted by atomic mass is 10.2. The second-order valence-electron chi connectivity index (χ2n) is 5.84. The van der Waals surface area contributed by atoms with Crippen LogP contribution in [0.4, 0.5) is 10.2 Å². The van der Waals surface area contributed by atoms with Crippen LogP contribution >= 0.6 is 0 Å². The Hall–Kier alpha value is -3.36. The summed E-state index contributed by atoms with van der Waals surface area (Å²) in [5.74, 6) is -0.0499. The third-order valence-electron chi connectivity index (χ3n) is 3.99. The second-order valence-corrected chi connectivity index (χ2v) is 5.84. The zero-order chi connectivity index (χ0) is 18.8. The Labute approximate surface area is 154 Å². The summed E-state index contributed by atoms with van der Waals surface area (Å²) in [6.45, 7) is 3.06. The zero-order valence-corrected chi connectivity index (χ0v) is 14.7. The minimum Gasteiger partial charge on any atom is -0.486 e. The van der Waals surface area contributed by atoms with Gasteiger partial charge in [0, 0.05) is 0 Å². The third-order valence-corrected chi connectivity index (χ3v) is 3.99. The molecule has 8 nitrogen and oxygen atoms in total. The maximum atomic E-state index is 14.0. The maximum absolute atomic E-state index is 14.0. The highest BCUT2D eigenvalue weighted by Crippen LogP contribution is 2.28. The van der Waals surface area contributed by atoms with Gasteiger partial charge < -0.3 is 19.9 Å². The van der Waals surface area contributed by atoms with E-state index >= 15 is 0 Å². The van der Waals surface area contributed by atoms with E-state index in [4.69, 9.17) is 19.9 Å². The van der Waals surface area contributed by atoms with Gasteiger partial charge in [0.15, 0.2) is 28.5 Å². The Morgan fingerprint density at radius 3 is 2.81 bits per heavy atom. The molecule has 0 atom stereocenters. The average molecular weight is 371 g/mol. The standard InChI is InChI=1S/C18H18FN5O3/c1-2-25-18-21-14-15(20)22-17-23-16(14)24(18)10-11-5-6-12(19)13(9-11)26-7-3-4-8-27-17/h3-6,9H,2,7-8,10H2,1H3,(H2,20,22,23)/b4-3-. The molecule has 2 aromatic heterocycles. The second kappa shape index (κ2) is 7.10. The van der Waals surface area contributed by atoms with E-state index in [2.05, 4.69) is 15.0 Å². The van der Waals surface area contributed by atoms with Crippen LogP contribution in [0.15, 0.2) is 30.4 Å². The van der Waals surface area contributed by atoms with Crippen molar-refractivity contribution in [3.8, 4) is 17.8 Å². The number of ether oxygens (including phenoxy) is 3. The summed E-state index contributed by atoms with van der Waals surface area (Å²) < 4.78 is 32.4. The zero-order valence-electron chi connectivity index (χ0n) is 14.7. The SMILES string of the molecule is CCOc1nc2c(N)nc3nc2n1Cc1ccc(F)c(c1)OC/C=C\CO3. The van der Waals surface area contributed by atoms with E-state index < -0.39 is 5.82 Å². The van der Waals surface area contributed by atoms with Crippen molar-refractivity contribution in [2.45, 2.75) is 13.5 Å². The fraction of sp³-hybridized carbons (Fsp3) is 0.278. The summed E-state index contributed by atoms with van der Waals surface area (Å²) in [6, 6.07) is 5.19. The molecule has 1 aromatic carbocycles. The summed E-state index contributed by atoms with van der Waals surface area (Å²) in [6.07, 6.45) is 3.47. The van der Waals surface area contributed by atoms with Crippen LogP contribution in [0.1, 0.15) is 12.5 Å². The predicted molar refractivity (Wildman–Crippen MR) is 96.5 cm³/mol. The topological polar surface area (TPSA) is 97.3 Å². The summed E-state index contributed by atoms with van der Waals surface area (Å²) >= 11 is 0. The smallest absolute Gasteiger partial charge is 0.320 e. The Morgan fingerprint density at radius 2 is 2.00 bits per heavy atom. The van der Waals surface area contributed by atoms with Crippen LogP contribution in [-0.4, -0.2) is 39.3 Å². The van der Waals surface area contributed by atoms with Gasteiger partial charge in [0.25, 0.3) is 6.01 Å². The van der Waals surface area contributed by atoms with Crippen molar-refractivity contribution >= 4 is 17.0 Å². The van der Waals surface area contributed by atoms with Gasteiger partial charge in [-0.2, -0.15) is 15.0 Å². The largest absolute Gasteiger partial charge is 0.486 e. The van der Waals surface area contributed by atoms with Gasteiger partial charge in [-0.15, -0.1) is 0 Å². The van der Waals surface area contributed by atoms with Crippen LogP contribution < -0.4 is 19.9 Å². The number of rotatable bonds is 2. The molecule has 1 aliphatic rings. The molecule has 2 N–H and O–H groups in total. The highest BCUT2D eigenvalue weighted by Gasteiger charge is 2.19. The molecule has 4 bridgehead atoms. The molecule has 0 fully saturated rings. The number of nitrogens with two attached hydrogens (primary N) is 1. The first-order valence-electron chi connectivity index (χ1n) is 8.51. The number of hydrogen-bond donors (Lipinski definition) is 1. The van der Waals surface area contributed by atoms with Gasteiger partial charge in [-0.25, -0.2) is 4.39 Å². The number of nitrogens with zero attached hydrogens (tertiary/aromatic N) is 4. The van der Waals surface area contributed by atoms with E-state index in [0.29, 0.717) is 30.3 Å². The Morgan fingerprint density at radius 1 is 1.19 bits per heavy atom. The molecule has 0 radical (unpaired) electrons. The van der Waals surface area contributed by atoms with Crippen LogP contribution in [0.5, 0.6) is 17.8 Å². The van der Waals surface area contributed by atoms with Crippen molar-refractivity contribution in [1.29, 1.82) is 0 Å². The molecular weight excluding hydrogens is 353 g/mol. The van der Waals surface area contributed by atoms with Gasteiger partial charge >= 0.3 is 6.01 Å². The molecule has 0 saturated heterocycles.